The number of sulfonamides is 1. The van der Waals surface area contributed by atoms with Crippen molar-refractivity contribution in [3.8, 4) is 0 Å². The Labute approximate surface area is 196 Å². The molecule has 1 atom stereocenters. The smallest absolute Gasteiger partial charge is 0.255 e. The van der Waals surface area contributed by atoms with E-state index in [1.165, 1.54) is 10.4 Å². The van der Waals surface area contributed by atoms with E-state index in [0.29, 0.717) is 35.8 Å². The highest BCUT2D eigenvalue weighted by Crippen LogP contribution is 2.26. The fourth-order valence-corrected chi connectivity index (χ4v) is 5.26. The van der Waals surface area contributed by atoms with Gasteiger partial charge in [0.15, 0.2) is 0 Å². The van der Waals surface area contributed by atoms with Crippen molar-refractivity contribution in [2.45, 2.75) is 57.9 Å². The van der Waals surface area contributed by atoms with Crippen LogP contribution < -0.4 is 10.6 Å². The molecule has 1 heterocycles. The maximum absolute atomic E-state index is 13.2. The molecule has 2 amide bonds. The minimum atomic E-state index is -3.68. The molecule has 33 heavy (non-hydrogen) atoms. The lowest BCUT2D eigenvalue weighted by Crippen LogP contribution is -2.38. The van der Waals surface area contributed by atoms with E-state index in [1.54, 1.807) is 43.3 Å². The summed E-state index contributed by atoms with van der Waals surface area (Å²) in [5.74, 6) is -0.221. The topological polar surface area (TPSA) is 95.6 Å². The molecule has 0 saturated carbocycles. The van der Waals surface area contributed by atoms with Crippen molar-refractivity contribution < 1.29 is 18.0 Å². The van der Waals surface area contributed by atoms with Crippen LogP contribution in [-0.4, -0.2) is 43.7 Å². The van der Waals surface area contributed by atoms with Gasteiger partial charge in [0.1, 0.15) is 0 Å². The second-order valence-electron chi connectivity index (χ2n) is 8.85. The Morgan fingerprint density at radius 2 is 1.73 bits per heavy atom. The number of hydrogen-bond donors (Lipinski definition) is 2. The van der Waals surface area contributed by atoms with Crippen molar-refractivity contribution in [1.82, 2.24) is 9.62 Å². The van der Waals surface area contributed by atoms with E-state index in [4.69, 9.17) is 0 Å². The van der Waals surface area contributed by atoms with Crippen molar-refractivity contribution in [1.29, 1.82) is 0 Å². The number of carbonyl (C=O) groups is 2. The van der Waals surface area contributed by atoms with E-state index in [9.17, 15) is 18.0 Å². The Hall–Kier alpha value is -2.71. The number of para-hydroxylation sites is 1. The number of nitrogens with zero attached hydrogens (tertiary/aromatic N) is 1. The first-order chi connectivity index (χ1) is 15.6. The first-order valence-corrected chi connectivity index (χ1v) is 12.9. The highest BCUT2D eigenvalue weighted by atomic mass is 32.2. The highest BCUT2D eigenvalue weighted by Gasteiger charge is 2.29. The number of benzene rings is 2. The van der Waals surface area contributed by atoms with Gasteiger partial charge >= 0.3 is 0 Å². The zero-order chi connectivity index (χ0) is 24.2. The summed E-state index contributed by atoms with van der Waals surface area (Å²) in [5.41, 5.74) is 1.65. The molecule has 2 N–H and O–H groups in total. The highest BCUT2D eigenvalue weighted by molar-refractivity contribution is 7.89. The summed E-state index contributed by atoms with van der Waals surface area (Å²) >= 11 is 0. The third-order valence-corrected chi connectivity index (χ3v) is 8.14. The van der Waals surface area contributed by atoms with E-state index in [-0.39, 0.29) is 22.4 Å². The summed E-state index contributed by atoms with van der Waals surface area (Å²) in [6.45, 7) is 8.74. The number of piperidine rings is 1. The third-order valence-electron chi connectivity index (χ3n) is 6.24. The molecule has 1 fully saturated rings. The van der Waals surface area contributed by atoms with E-state index >= 15 is 0 Å². The minimum Gasteiger partial charge on any atom is -0.350 e. The zero-order valence-corrected chi connectivity index (χ0v) is 20.5. The van der Waals surface area contributed by atoms with E-state index in [2.05, 4.69) is 17.6 Å². The van der Waals surface area contributed by atoms with Gasteiger partial charge in [-0.1, -0.05) is 32.0 Å². The minimum absolute atomic E-state index is 0.00293. The molecular formula is C25H33N3O4S. The van der Waals surface area contributed by atoms with Crippen LogP contribution in [0.4, 0.5) is 5.69 Å². The number of aryl methyl sites for hydroxylation is 1. The first kappa shape index (κ1) is 24.9. The molecule has 0 aromatic heterocycles. The average molecular weight is 472 g/mol. The average Bonchev–Trinajstić information content (AvgIpc) is 2.79. The molecule has 0 spiro atoms. The van der Waals surface area contributed by atoms with Crippen molar-refractivity contribution in [3.05, 3.63) is 59.2 Å². The summed E-state index contributed by atoms with van der Waals surface area (Å²) in [4.78, 5) is 25.9. The molecule has 1 unspecified atom stereocenters. The standard InChI is InChI=1S/C25H33N3O4S/c1-5-19(4)26-24(29)21-8-6-7-9-23(21)27-25(30)22-16-20(11-10-18(22)3)33(31,32)28-14-12-17(2)13-15-28/h6-11,16-17,19H,5,12-15H2,1-4H3,(H,26,29)(H,27,30). The summed E-state index contributed by atoms with van der Waals surface area (Å²) in [6, 6.07) is 11.4. The maximum atomic E-state index is 13.2. The number of amides is 2. The van der Waals surface area contributed by atoms with Gasteiger partial charge in [-0.05, 0) is 68.9 Å². The maximum Gasteiger partial charge on any atom is 0.255 e. The van der Waals surface area contributed by atoms with Gasteiger partial charge in [-0.3, -0.25) is 9.59 Å². The van der Waals surface area contributed by atoms with Gasteiger partial charge in [0.25, 0.3) is 11.8 Å². The van der Waals surface area contributed by atoms with Crippen LogP contribution in [0.5, 0.6) is 0 Å². The molecule has 3 rings (SSSR count). The van der Waals surface area contributed by atoms with Crippen molar-refractivity contribution in [3.63, 3.8) is 0 Å². The molecule has 178 valence electrons. The van der Waals surface area contributed by atoms with Gasteiger partial charge in [0, 0.05) is 24.7 Å². The van der Waals surface area contributed by atoms with Gasteiger partial charge in [-0.25, -0.2) is 8.42 Å². The predicted molar refractivity (Wildman–Crippen MR) is 130 cm³/mol. The molecule has 7 nitrogen and oxygen atoms in total. The molecule has 1 saturated heterocycles. The Bertz CT molecular complexity index is 1120. The largest absolute Gasteiger partial charge is 0.350 e. The van der Waals surface area contributed by atoms with E-state index < -0.39 is 15.9 Å². The van der Waals surface area contributed by atoms with Gasteiger partial charge < -0.3 is 10.6 Å². The third kappa shape index (κ3) is 5.81. The number of hydrogen-bond acceptors (Lipinski definition) is 4. The van der Waals surface area contributed by atoms with Crippen LogP contribution in [0.2, 0.25) is 0 Å². The number of rotatable bonds is 7. The summed E-state index contributed by atoms with van der Waals surface area (Å²) < 4.78 is 27.8. The molecule has 1 aliphatic heterocycles. The fraction of sp³-hybridized carbons (Fsp3) is 0.440. The fourth-order valence-electron chi connectivity index (χ4n) is 3.76. The quantitative estimate of drug-likeness (QED) is 0.633. The van der Waals surface area contributed by atoms with Gasteiger partial charge in [0.05, 0.1) is 16.1 Å². The van der Waals surface area contributed by atoms with Crippen LogP contribution >= 0.6 is 0 Å². The normalized spacial score (nSPS) is 16.2. The molecule has 2 aromatic carbocycles. The monoisotopic (exact) mass is 471 g/mol. The molecular weight excluding hydrogens is 438 g/mol. The second kappa shape index (κ2) is 10.5. The van der Waals surface area contributed by atoms with Gasteiger partial charge in [0.2, 0.25) is 10.0 Å². The van der Waals surface area contributed by atoms with Gasteiger partial charge in [-0.15, -0.1) is 0 Å². The SMILES string of the molecule is CCC(C)NC(=O)c1ccccc1NC(=O)c1cc(S(=O)(=O)N2CCC(C)CC2)ccc1C. The Morgan fingerprint density at radius 1 is 1.06 bits per heavy atom. The van der Waals surface area contributed by atoms with Gasteiger partial charge in [-0.2, -0.15) is 4.31 Å². The molecule has 0 bridgehead atoms. The summed E-state index contributed by atoms with van der Waals surface area (Å²) in [6.07, 6.45) is 2.44. The molecule has 0 radical (unpaired) electrons. The molecule has 1 aliphatic rings. The molecule has 8 heteroatoms. The lowest BCUT2D eigenvalue weighted by atomic mass is 10.0. The predicted octanol–water partition coefficient (Wildman–Crippen LogP) is 4.20. The molecule has 0 aliphatic carbocycles. The van der Waals surface area contributed by atoms with Crippen LogP contribution in [0.25, 0.3) is 0 Å². The van der Waals surface area contributed by atoms with Crippen LogP contribution in [0.15, 0.2) is 47.4 Å². The zero-order valence-electron chi connectivity index (χ0n) is 19.7. The summed E-state index contributed by atoms with van der Waals surface area (Å²) in [7, 11) is -3.68. The van der Waals surface area contributed by atoms with E-state index in [0.717, 1.165) is 19.3 Å². The second-order valence-corrected chi connectivity index (χ2v) is 10.8. The summed E-state index contributed by atoms with van der Waals surface area (Å²) in [5, 5.41) is 5.70. The Kier molecular flexibility index (Phi) is 7.92. The van der Waals surface area contributed by atoms with Crippen LogP contribution in [0.1, 0.15) is 66.3 Å². The number of anilines is 1. The Balaban J connectivity index is 1.85. The number of carbonyl (C=O) groups excluding carboxylic acids is 2. The van der Waals surface area contributed by atoms with Crippen molar-refractivity contribution in [2.24, 2.45) is 5.92 Å². The number of nitrogens with one attached hydrogen (secondary N) is 2. The van der Waals surface area contributed by atoms with Crippen molar-refractivity contribution in [2.75, 3.05) is 18.4 Å². The lowest BCUT2D eigenvalue weighted by Gasteiger charge is -2.29. The first-order valence-electron chi connectivity index (χ1n) is 11.5. The van der Waals surface area contributed by atoms with Crippen LogP contribution in [0.3, 0.4) is 0 Å². The molecule has 2 aromatic rings. The van der Waals surface area contributed by atoms with Crippen LogP contribution in [-0.2, 0) is 10.0 Å². The van der Waals surface area contributed by atoms with Crippen molar-refractivity contribution >= 4 is 27.5 Å². The Morgan fingerprint density at radius 3 is 2.39 bits per heavy atom. The van der Waals surface area contributed by atoms with Crippen LogP contribution in [0, 0.1) is 12.8 Å². The lowest BCUT2D eigenvalue weighted by molar-refractivity contribution is 0.0940. The van der Waals surface area contributed by atoms with E-state index in [1.807, 2.05) is 13.8 Å².